The van der Waals surface area contributed by atoms with Crippen LogP contribution in [-0.4, -0.2) is 27.3 Å². The summed E-state index contributed by atoms with van der Waals surface area (Å²) in [5, 5.41) is 11.0. The number of carbonyl (C=O) groups is 1. The molecule has 0 saturated heterocycles. The number of hydrogen-bond donors (Lipinski definition) is 1. The monoisotopic (exact) mass is 536 g/mol. The molecule has 0 radical (unpaired) electrons. The van der Waals surface area contributed by atoms with E-state index >= 15 is 0 Å². The Bertz CT molecular complexity index is 1740. The number of carbonyl (C=O) groups excluding carboxylic acids is 1. The molecular weight excluding hydrogens is 514 g/mol. The summed E-state index contributed by atoms with van der Waals surface area (Å²) in [6.45, 7) is 5.51. The van der Waals surface area contributed by atoms with E-state index in [4.69, 9.17) is 14.4 Å². The van der Waals surface area contributed by atoms with Crippen LogP contribution in [0.15, 0.2) is 73.3 Å². The fraction of sp³-hybridized carbons (Fsp3) is 0.192. The summed E-state index contributed by atoms with van der Waals surface area (Å²) in [4.78, 5) is 43.3. The van der Waals surface area contributed by atoms with Crippen molar-refractivity contribution in [3.63, 3.8) is 0 Å². The van der Waals surface area contributed by atoms with Gasteiger partial charge < -0.3 is 9.15 Å². The van der Waals surface area contributed by atoms with Crippen LogP contribution in [0.4, 0.5) is 5.69 Å². The average molecular weight is 537 g/mol. The van der Waals surface area contributed by atoms with Crippen LogP contribution in [0.5, 0.6) is 0 Å². The summed E-state index contributed by atoms with van der Waals surface area (Å²) < 4.78 is 13.2. The summed E-state index contributed by atoms with van der Waals surface area (Å²) in [5.41, 5.74) is 2.19. The maximum Gasteiger partial charge on any atom is 0.338 e. The number of thiophene rings is 1. The van der Waals surface area contributed by atoms with Gasteiger partial charge in [0.1, 0.15) is 17.6 Å². The molecule has 1 atom stereocenters. The maximum absolute atomic E-state index is 13.6. The highest BCUT2D eigenvalue weighted by molar-refractivity contribution is 7.10. The van der Waals surface area contributed by atoms with E-state index < -0.39 is 12.0 Å². The fourth-order valence-corrected chi connectivity index (χ4v) is 6.11. The quantitative estimate of drug-likeness (QED) is 0.291. The number of benzene rings is 1. The second-order valence-electron chi connectivity index (χ2n) is 8.29. The van der Waals surface area contributed by atoms with Crippen LogP contribution in [0.1, 0.15) is 36.1 Å². The molecule has 1 aliphatic rings. The van der Waals surface area contributed by atoms with Gasteiger partial charge >= 0.3 is 11.7 Å². The lowest BCUT2D eigenvalue weighted by molar-refractivity contribution is -0.729. The largest absolute Gasteiger partial charge is 0.463 e. The van der Waals surface area contributed by atoms with Gasteiger partial charge in [0.2, 0.25) is 0 Å². The summed E-state index contributed by atoms with van der Waals surface area (Å²) in [6.07, 6.45) is 1.65. The Morgan fingerprint density at radius 1 is 1.27 bits per heavy atom. The zero-order valence-corrected chi connectivity index (χ0v) is 21.8. The topological polar surface area (TPSA) is 114 Å². The second kappa shape index (κ2) is 9.75. The standard InChI is InChI=1S/C26H22N3O6S2/c1-4-34-25(31)22-15(3)27-26-28(23(22)20-6-5-11-36-20)24(30)21(37-26)13-17-8-10-19(35-17)18-9-7-16(29(32)33)12-14(18)2/h5-13,23H,4H2,1-3H3,(H,32,33)/q+1/b21-13+. The molecule has 0 spiro atoms. The fourth-order valence-electron chi connectivity index (χ4n) is 4.26. The first-order valence-corrected chi connectivity index (χ1v) is 13.1. The Morgan fingerprint density at radius 3 is 2.76 bits per heavy atom. The number of hydrogen-bond acceptors (Lipinski definition) is 8. The van der Waals surface area contributed by atoms with E-state index in [2.05, 4.69) is 4.99 Å². The van der Waals surface area contributed by atoms with Gasteiger partial charge in [0, 0.05) is 28.6 Å². The number of allylic oxidation sites excluding steroid dienone is 1. The van der Waals surface area contributed by atoms with Crippen LogP contribution < -0.4 is 14.9 Å². The third kappa shape index (κ3) is 4.47. The molecule has 5 rings (SSSR count). The number of furan rings is 1. The Balaban J connectivity index is 1.59. The Hall–Kier alpha value is -4.09. The van der Waals surface area contributed by atoms with Gasteiger partial charge in [0.25, 0.3) is 10.5 Å². The number of nitrogens with zero attached hydrogens (tertiary/aromatic N) is 3. The molecular formula is C26H22N3O6S2+. The lowest BCUT2D eigenvalue weighted by Crippen LogP contribution is -2.39. The van der Waals surface area contributed by atoms with Gasteiger partial charge in [0.05, 0.1) is 27.3 Å². The number of aryl methyl sites for hydroxylation is 1. The molecule has 9 nitrogen and oxygen atoms in total. The second-order valence-corrected chi connectivity index (χ2v) is 10.3. The van der Waals surface area contributed by atoms with Crippen molar-refractivity contribution in [2.45, 2.75) is 26.8 Å². The van der Waals surface area contributed by atoms with Gasteiger partial charge in [-0.3, -0.25) is 9.36 Å². The normalized spacial score (nSPS) is 15.4. The molecule has 1 N–H and O–H groups in total. The molecule has 1 aliphatic heterocycles. The molecule has 0 bridgehead atoms. The van der Waals surface area contributed by atoms with Crippen molar-refractivity contribution in [3.8, 4) is 11.3 Å². The molecule has 1 aromatic carbocycles. The van der Waals surface area contributed by atoms with Gasteiger partial charge in [-0.2, -0.15) is 0 Å². The lowest BCUT2D eigenvalue weighted by atomic mass is 10.0. The number of rotatable bonds is 6. The molecule has 0 aliphatic carbocycles. The molecule has 4 heterocycles. The van der Waals surface area contributed by atoms with Crippen molar-refractivity contribution in [2.75, 3.05) is 6.61 Å². The van der Waals surface area contributed by atoms with E-state index in [-0.39, 0.29) is 22.8 Å². The smallest absolute Gasteiger partial charge is 0.338 e. The van der Waals surface area contributed by atoms with Gasteiger partial charge in [-0.25, -0.2) is 15.0 Å². The minimum atomic E-state index is -0.627. The van der Waals surface area contributed by atoms with Crippen LogP contribution in [0, 0.1) is 11.8 Å². The van der Waals surface area contributed by atoms with E-state index in [0.29, 0.717) is 32.1 Å². The van der Waals surface area contributed by atoms with E-state index in [9.17, 15) is 14.5 Å². The van der Waals surface area contributed by atoms with Crippen molar-refractivity contribution in [1.82, 2.24) is 4.57 Å². The van der Waals surface area contributed by atoms with Gasteiger partial charge in [-0.05, 0) is 56.0 Å². The van der Waals surface area contributed by atoms with Crippen molar-refractivity contribution >= 4 is 40.4 Å². The summed E-state index contributed by atoms with van der Waals surface area (Å²) in [6, 6.07) is 11.4. The Morgan fingerprint density at radius 2 is 2.08 bits per heavy atom. The van der Waals surface area contributed by atoms with Crippen molar-refractivity contribution in [1.29, 1.82) is 0 Å². The van der Waals surface area contributed by atoms with E-state index in [1.165, 1.54) is 33.3 Å². The first kappa shape index (κ1) is 24.6. The van der Waals surface area contributed by atoms with E-state index in [1.54, 1.807) is 51.1 Å². The molecule has 11 heteroatoms. The highest BCUT2D eigenvalue weighted by atomic mass is 32.1. The van der Waals surface area contributed by atoms with Gasteiger partial charge in [-0.1, -0.05) is 17.4 Å². The maximum atomic E-state index is 13.6. The Labute approximate surface area is 218 Å². The van der Waals surface area contributed by atoms with Crippen LogP contribution in [0.3, 0.4) is 0 Å². The zero-order chi connectivity index (χ0) is 26.3. The van der Waals surface area contributed by atoms with E-state index in [0.717, 1.165) is 16.0 Å². The number of thiazole rings is 1. The lowest BCUT2D eigenvalue weighted by Gasteiger charge is -2.23. The predicted molar refractivity (Wildman–Crippen MR) is 139 cm³/mol. The van der Waals surface area contributed by atoms with E-state index in [1.807, 2.05) is 17.5 Å². The minimum Gasteiger partial charge on any atom is -0.463 e. The molecule has 188 valence electrons. The van der Waals surface area contributed by atoms with Crippen LogP contribution in [0.25, 0.3) is 17.4 Å². The van der Waals surface area contributed by atoms with Crippen molar-refractivity contribution in [3.05, 3.63) is 99.9 Å². The summed E-state index contributed by atoms with van der Waals surface area (Å²) in [5.74, 6) is 0.524. The van der Waals surface area contributed by atoms with Gasteiger partial charge in [0.15, 0.2) is 4.80 Å². The molecule has 1 unspecified atom stereocenters. The Kier molecular flexibility index (Phi) is 6.48. The summed E-state index contributed by atoms with van der Waals surface area (Å²) >= 11 is 2.68. The highest BCUT2D eigenvalue weighted by Gasteiger charge is 2.33. The first-order valence-electron chi connectivity index (χ1n) is 11.4. The minimum absolute atomic E-state index is 0.118. The summed E-state index contributed by atoms with van der Waals surface area (Å²) in [7, 11) is 0. The third-order valence-electron chi connectivity index (χ3n) is 5.93. The van der Waals surface area contributed by atoms with Crippen LogP contribution >= 0.6 is 22.7 Å². The van der Waals surface area contributed by atoms with Crippen molar-refractivity contribution in [2.24, 2.45) is 4.99 Å². The van der Waals surface area contributed by atoms with Gasteiger partial charge in [-0.15, -0.1) is 11.3 Å². The average Bonchev–Trinajstić information content (AvgIpc) is 3.60. The molecule has 0 amide bonds. The predicted octanol–water partition coefficient (Wildman–Crippen LogP) is 4.23. The first-order chi connectivity index (χ1) is 17.8. The number of fused-ring (bicyclic) bond motifs is 1. The SMILES string of the molecule is CCOC(=O)C1=C(C)N=c2s/c(=C/c3ccc(-c4ccc([N+](=O)O)cc4C)o3)c(=O)n2C1c1cccs1. The van der Waals surface area contributed by atoms with Crippen LogP contribution in [-0.2, 0) is 9.53 Å². The van der Waals surface area contributed by atoms with Crippen molar-refractivity contribution < 1.29 is 24.1 Å². The number of aromatic nitrogens is 1. The highest BCUT2D eigenvalue weighted by Crippen LogP contribution is 2.33. The molecule has 4 aromatic rings. The van der Waals surface area contributed by atoms with Crippen LogP contribution in [0.2, 0.25) is 0 Å². The third-order valence-corrected chi connectivity index (χ3v) is 7.83. The number of esters is 1. The molecule has 0 fully saturated rings. The molecule has 3 aromatic heterocycles. The molecule has 0 saturated carbocycles. The zero-order valence-electron chi connectivity index (χ0n) is 20.1. The number of ether oxygens (including phenoxy) is 1. The molecule has 37 heavy (non-hydrogen) atoms.